The molecule has 0 atom stereocenters. The molecule has 0 saturated heterocycles. The van der Waals surface area contributed by atoms with Gasteiger partial charge in [0.25, 0.3) is 0 Å². The van der Waals surface area contributed by atoms with E-state index in [1.54, 1.807) is 25.7 Å². The molecule has 0 unspecified atom stereocenters. The van der Waals surface area contributed by atoms with Gasteiger partial charge in [0.05, 0.1) is 0 Å². The Kier molecular flexibility index (Phi) is 4.55. The van der Waals surface area contributed by atoms with Crippen molar-refractivity contribution in [1.29, 1.82) is 0 Å². The van der Waals surface area contributed by atoms with Crippen LogP contribution in [0.3, 0.4) is 0 Å². The van der Waals surface area contributed by atoms with Gasteiger partial charge in [0.1, 0.15) is 0 Å². The van der Waals surface area contributed by atoms with Gasteiger partial charge >= 0.3 is 0 Å². The standard InChI is InChI=1S/C17H32/c1-4-17(2,3)16-12-10-15(11-13-16)14-8-6-5-7-9-14/h14-16H,4-13H2,1-3H3. The molecule has 0 aromatic rings. The molecule has 0 aromatic heterocycles. The molecule has 0 amide bonds. The summed E-state index contributed by atoms with van der Waals surface area (Å²) in [5, 5.41) is 0. The molecule has 0 heterocycles. The molecule has 2 aliphatic rings. The molecular weight excluding hydrogens is 204 g/mol. The fraction of sp³-hybridized carbons (Fsp3) is 1.00. The van der Waals surface area contributed by atoms with E-state index in [2.05, 4.69) is 20.8 Å². The van der Waals surface area contributed by atoms with Gasteiger partial charge in [0.15, 0.2) is 0 Å². The van der Waals surface area contributed by atoms with Crippen LogP contribution in [-0.4, -0.2) is 0 Å². The van der Waals surface area contributed by atoms with Gasteiger partial charge in [-0.25, -0.2) is 0 Å². The zero-order valence-electron chi connectivity index (χ0n) is 12.3. The highest BCUT2D eigenvalue weighted by Crippen LogP contribution is 2.45. The normalized spacial score (nSPS) is 32.6. The summed E-state index contributed by atoms with van der Waals surface area (Å²) in [5.74, 6) is 3.21. The molecule has 0 aliphatic heterocycles. The first-order valence-corrected chi connectivity index (χ1v) is 8.13. The Morgan fingerprint density at radius 1 is 0.765 bits per heavy atom. The largest absolute Gasteiger partial charge is 0.0649 e. The van der Waals surface area contributed by atoms with Crippen molar-refractivity contribution in [3.8, 4) is 0 Å². The maximum atomic E-state index is 2.48. The van der Waals surface area contributed by atoms with Gasteiger partial charge < -0.3 is 0 Å². The molecule has 2 saturated carbocycles. The third-order valence-corrected chi connectivity index (χ3v) is 6.10. The molecule has 0 heteroatoms. The lowest BCUT2D eigenvalue weighted by Crippen LogP contribution is -2.30. The zero-order chi connectivity index (χ0) is 12.3. The molecule has 0 radical (unpaired) electrons. The van der Waals surface area contributed by atoms with Crippen molar-refractivity contribution in [2.24, 2.45) is 23.2 Å². The van der Waals surface area contributed by atoms with Crippen molar-refractivity contribution in [3.05, 3.63) is 0 Å². The maximum absolute atomic E-state index is 2.48. The Morgan fingerprint density at radius 3 is 1.82 bits per heavy atom. The van der Waals surface area contributed by atoms with Crippen LogP contribution in [0.2, 0.25) is 0 Å². The average molecular weight is 236 g/mol. The van der Waals surface area contributed by atoms with Gasteiger partial charge in [-0.1, -0.05) is 59.3 Å². The minimum atomic E-state index is 0.595. The molecule has 0 N–H and O–H groups in total. The van der Waals surface area contributed by atoms with E-state index in [0.717, 1.165) is 17.8 Å². The molecule has 100 valence electrons. The summed E-state index contributed by atoms with van der Waals surface area (Å²) in [5.41, 5.74) is 0.595. The third kappa shape index (κ3) is 3.26. The predicted octanol–water partition coefficient (Wildman–Crippen LogP) is 5.81. The van der Waals surface area contributed by atoms with Crippen LogP contribution < -0.4 is 0 Å². The molecular formula is C17H32. The summed E-state index contributed by atoms with van der Waals surface area (Å²) < 4.78 is 0. The monoisotopic (exact) mass is 236 g/mol. The van der Waals surface area contributed by atoms with E-state index >= 15 is 0 Å². The Hall–Kier alpha value is 0. The second kappa shape index (κ2) is 5.76. The van der Waals surface area contributed by atoms with E-state index < -0.39 is 0 Å². The van der Waals surface area contributed by atoms with Gasteiger partial charge in [-0.3, -0.25) is 0 Å². The molecule has 0 bridgehead atoms. The average Bonchev–Trinajstić information content (AvgIpc) is 2.40. The summed E-state index contributed by atoms with van der Waals surface area (Å²) in [6, 6.07) is 0. The fourth-order valence-electron chi connectivity index (χ4n) is 4.27. The number of rotatable bonds is 3. The summed E-state index contributed by atoms with van der Waals surface area (Å²) in [6.45, 7) is 7.34. The van der Waals surface area contributed by atoms with E-state index in [1.807, 2.05) is 0 Å². The Balaban J connectivity index is 1.81. The van der Waals surface area contributed by atoms with Crippen LogP contribution in [-0.2, 0) is 0 Å². The van der Waals surface area contributed by atoms with Crippen molar-refractivity contribution in [2.45, 2.75) is 85.0 Å². The van der Waals surface area contributed by atoms with Crippen LogP contribution in [0.1, 0.15) is 85.0 Å². The van der Waals surface area contributed by atoms with E-state index in [0.29, 0.717) is 5.41 Å². The van der Waals surface area contributed by atoms with Gasteiger partial charge in [0, 0.05) is 0 Å². The summed E-state index contributed by atoms with van der Waals surface area (Å²) in [7, 11) is 0. The first-order chi connectivity index (χ1) is 8.13. The van der Waals surface area contributed by atoms with Crippen molar-refractivity contribution in [2.75, 3.05) is 0 Å². The molecule has 0 nitrogen and oxygen atoms in total. The Labute approximate surface area is 109 Å². The Morgan fingerprint density at radius 2 is 1.29 bits per heavy atom. The summed E-state index contributed by atoms with van der Waals surface area (Å²) in [6.07, 6.45) is 15.1. The second-order valence-electron chi connectivity index (χ2n) is 7.35. The first-order valence-electron chi connectivity index (χ1n) is 8.13. The quantitative estimate of drug-likeness (QED) is 0.580. The summed E-state index contributed by atoms with van der Waals surface area (Å²) >= 11 is 0. The fourth-order valence-corrected chi connectivity index (χ4v) is 4.27. The van der Waals surface area contributed by atoms with E-state index in [9.17, 15) is 0 Å². The summed E-state index contributed by atoms with van der Waals surface area (Å²) in [4.78, 5) is 0. The van der Waals surface area contributed by atoms with Gasteiger partial charge in [-0.15, -0.1) is 0 Å². The van der Waals surface area contributed by atoms with Crippen molar-refractivity contribution >= 4 is 0 Å². The zero-order valence-corrected chi connectivity index (χ0v) is 12.3. The van der Waals surface area contributed by atoms with E-state index in [-0.39, 0.29) is 0 Å². The minimum Gasteiger partial charge on any atom is -0.0649 e. The smallest absolute Gasteiger partial charge is 0.0329 e. The van der Waals surface area contributed by atoms with Crippen LogP contribution in [0.25, 0.3) is 0 Å². The van der Waals surface area contributed by atoms with Gasteiger partial charge in [-0.05, 0) is 48.9 Å². The van der Waals surface area contributed by atoms with Crippen molar-refractivity contribution < 1.29 is 0 Å². The van der Waals surface area contributed by atoms with Crippen molar-refractivity contribution in [1.82, 2.24) is 0 Å². The van der Waals surface area contributed by atoms with Crippen LogP contribution >= 0.6 is 0 Å². The second-order valence-corrected chi connectivity index (χ2v) is 7.35. The lowest BCUT2D eigenvalue weighted by atomic mass is 9.64. The van der Waals surface area contributed by atoms with Crippen LogP contribution in [0.4, 0.5) is 0 Å². The number of hydrogen-bond donors (Lipinski definition) is 0. The number of hydrogen-bond acceptors (Lipinski definition) is 0. The van der Waals surface area contributed by atoms with Gasteiger partial charge in [0.2, 0.25) is 0 Å². The SMILES string of the molecule is CCC(C)(C)C1CCC(C2CCCCC2)CC1. The lowest BCUT2D eigenvalue weighted by Gasteiger charge is -2.41. The molecule has 0 spiro atoms. The highest BCUT2D eigenvalue weighted by molar-refractivity contribution is 4.85. The van der Waals surface area contributed by atoms with Crippen LogP contribution in [0, 0.1) is 23.2 Å². The molecule has 2 aliphatic carbocycles. The lowest BCUT2D eigenvalue weighted by molar-refractivity contribution is 0.0961. The van der Waals surface area contributed by atoms with Crippen LogP contribution in [0.15, 0.2) is 0 Å². The first kappa shape index (κ1) is 13.4. The molecule has 17 heavy (non-hydrogen) atoms. The van der Waals surface area contributed by atoms with E-state index in [4.69, 9.17) is 0 Å². The van der Waals surface area contributed by atoms with Crippen LogP contribution in [0.5, 0.6) is 0 Å². The minimum absolute atomic E-state index is 0.595. The topological polar surface area (TPSA) is 0 Å². The highest BCUT2D eigenvalue weighted by atomic mass is 14.4. The predicted molar refractivity (Wildman–Crippen MR) is 76.1 cm³/mol. The Bertz CT molecular complexity index is 214. The van der Waals surface area contributed by atoms with E-state index in [1.165, 1.54) is 38.5 Å². The highest BCUT2D eigenvalue weighted by Gasteiger charge is 2.34. The maximum Gasteiger partial charge on any atom is -0.0329 e. The molecule has 2 rings (SSSR count). The molecule has 0 aromatic carbocycles. The third-order valence-electron chi connectivity index (χ3n) is 6.10. The molecule has 2 fully saturated rings. The van der Waals surface area contributed by atoms with Crippen molar-refractivity contribution in [3.63, 3.8) is 0 Å². The van der Waals surface area contributed by atoms with Gasteiger partial charge in [-0.2, -0.15) is 0 Å².